The number of hydrogen-bond acceptors (Lipinski definition) is 4. The molecule has 2 amide bonds. The van der Waals surface area contributed by atoms with Crippen LogP contribution in [-0.2, 0) is 22.6 Å². The fourth-order valence-electron chi connectivity index (χ4n) is 4.51. The molecule has 1 aliphatic rings. The standard InChI is InChI=1S/C28H30N2O4/c1-33-22-13-14-23(26(16-22)34-2)24-18-30(27(31)15-20-9-5-3-6-10-20)19-25(24)28(32)29-17-21-11-7-4-8-12-21/h3-14,16,24-25H,15,17-19H2,1-2H3,(H,29,32)/t24-,25+/m1/s1. The van der Waals surface area contributed by atoms with Crippen LogP contribution in [0.1, 0.15) is 22.6 Å². The fourth-order valence-corrected chi connectivity index (χ4v) is 4.51. The minimum absolute atomic E-state index is 0.0158. The summed E-state index contributed by atoms with van der Waals surface area (Å²) in [6, 6.07) is 25.1. The molecule has 0 bridgehead atoms. The second kappa shape index (κ2) is 10.9. The smallest absolute Gasteiger partial charge is 0.227 e. The molecule has 6 heteroatoms. The van der Waals surface area contributed by atoms with E-state index in [1.54, 1.807) is 19.1 Å². The predicted molar refractivity (Wildman–Crippen MR) is 131 cm³/mol. The van der Waals surface area contributed by atoms with E-state index in [9.17, 15) is 9.59 Å². The maximum Gasteiger partial charge on any atom is 0.227 e. The monoisotopic (exact) mass is 458 g/mol. The number of amides is 2. The third-order valence-corrected chi connectivity index (χ3v) is 6.36. The molecule has 34 heavy (non-hydrogen) atoms. The molecule has 6 nitrogen and oxygen atoms in total. The zero-order chi connectivity index (χ0) is 23.9. The zero-order valence-corrected chi connectivity index (χ0v) is 19.6. The van der Waals surface area contributed by atoms with E-state index in [1.165, 1.54) is 0 Å². The van der Waals surface area contributed by atoms with Gasteiger partial charge in [0, 0.05) is 37.2 Å². The number of rotatable bonds is 8. The molecule has 3 aromatic carbocycles. The van der Waals surface area contributed by atoms with E-state index < -0.39 is 0 Å². The van der Waals surface area contributed by atoms with Crippen molar-refractivity contribution in [3.63, 3.8) is 0 Å². The highest BCUT2D eigenvalue weighted by molar-refractivity contribution is 5.84. The van der Waals surface area contributed by atoms with Crippen molar-refractivity contribution >= 4 is 11.8 Å². The Labute approximate surface area is 200 Å². The Balaban J connectivity index is 1.56. The quantitative estimate of drug-likeness (QED) is 0.558. The van der Waals surface area contributed by atoms with Gasteiger partial charge in [0.25, 0.3) is 0 Å². The number of nitrogens with zero attached hydrogens (tertiary/aromatic N) is 1. The van der Waals surface area contributed by atoms with E-state index in [1.807, 2.05) is 78.9 Å². The van der Waals surface area contributed by atoms with Crippen molar-refractivity contribution in [2.24, 2.45) is 5.92 Å². The molecule has 0 unspecified atom stereocenters. The van der Waals surface area contributed by atoms with Crippen LogP contribution in [0.5, 0.6) is 11.5 Å². The number of nitrogens with one attached hydrogen (secondary N) is 1. The average Bonchev–Trinajstić information content (AvgIpc) is 3.33. The van der Waals surface area contributed by atoms with Gasteiger partial charge in [-0.2, -0.15) is 0 Å². The van der Waals surface area contributed by atoms with Gasteiger partial charge in [0.15, 0.2) is 0 Å². The summed E-state index contributed by atoms with van der Waals surface area (Å²) in [6.45, 7) is 1.27. The summed E-state index contributed by atoms with van der Waals surface area (Å²) in [7, 11) is 3.21. The van der Waals surface area contributed by atoms with Crippen molar-refractivity contribution in [2.75, 3.05) is 27.3 Å². The summed E-state index contributed by atoms with van der Waals surface area (Å²) >= 11 is 0. The molecule has 0 spiro atoms. The first-order chi connectivity index (χ1) is 16.6. The third kappa shape index (κ3) is 5.39. The average molecular weight is 459 g/mol. The van der Waals surface area contributed by atoms with Crippen molar-refractivity contribution < 1.29 is 19.1 Å². The van der Waals surface area contributed by atoms with Crippen LogP contribution in [-0.4, -0.2) is 44.0 Å². The fraction of sp³-hybridized carbons (Fsp3) is 0.286. The van der Waals surface area contributed by atoms with Crippen LogP contribution in [0, 0.1) is 5.92 Å². The largest absolute Gasteiger partial charge is 0.497 e. The van der Waals surface area contributed by atoms with Gasteiger partial charge < -0.3 is 19.7 Å². The molecule has 3 aromatic rings. The van der Waals surface area contributed by atoms with Crippen LogP contribution in [0.15, 0.2) is 78.9 Å². The predicted octanol–water partition coefficient (Wildman–Crippen LogP) is 3.80. The molecule has 0 saturated carbocycles. The number of carbonyl (C=O) groups is 2. The van der Waals surface area contributed by atoms with E-state index in [0.29, 0.717) is 37.6 Å². The molecule has 4 rings (SSSR count). The molecular formula is C28H30N2O4. The van der Waals surface area contributed by atoms with Crippen LogP contribution in [0.3, 0.4) is 0 Å². The number of benzene rings is 3. The molecule has 1 saturated heterocycles. The first-order valence-corrected chi connectivity index (χ1v) is 11.4. The van der Waals surface area contributed by atoms with Gasteiger partial charge in [-0.3, -0.25) is 9.59 Å². The first kappa shape index (κ1) is 23.4. The van der Waals surface area contributed by atoms with Gasteiger partial charge in [0.1, 0.15) is 11.5 Å². The lowest BCUT2D eigenvalue weighted by atomic mass is 9.87. The lowest BCUT2D eigenvalue weighted by Crippen LogP contribution is -2.35. The Hall–Kier alpha value is -3.80. The van der Waals surface area contributed by atoms with Gasteiger partial charge in [-0.1, -0.05) is 66.7 Å². The minimum Gasteiger partial charge on any atom is -0.497 e. The van der Waals surface area contributed by atoms with Gasteiger partial charge in [-0.15, -0.1) is 0 Å². The number of methoxy groups -OCH3 is 2. The maximum absolute atomic E-state index is 13.3. The highest BCUT2D eigenvalue weighted by Gasteiger charge is 2.41. The lowest BCUT2D eigenvalue weighted by molar-refractivity contribution is -0.130. The summed E-state index contributed by atoms with van der Waals surface area (Å²) in [5, 5.41) is 3.07. The topological polar surface area (TPSA) is 67.9 Å². The highest BCUT2D eigenvalue weighted by atomic mass is 16.5. The lowest BCUT2D eigenvalue weighted by Gasteiger charge is -2.21. The van der Waals surface area contributed by atoms with Gasteiger partial charge in [-0.05, 0) is 17.2 Å². The molecular weight excluding hydrogens is 428 g/mol. The Morgan fingerprint density at radius 1 is 0.882 bits per heavy atom. The second-order valence-electron chi connectivity index (χ2n) is 8.49. The van der Waals surface area contributed by atoms with Crippen LogP contribution in [0.4, 0.5) is 0 Å². The maximum atomic E-state index is 13.3. The molecule has 1 N–H and O–H groups in total. The van der Waals surface area contributed by atoms with Gasteiger partial charge in [0.2, 0.25) is 11.8 Å². The van der Waals surface area contributed by atoms with E-state index >= 15 is 0 Å². The van der Waals surface area contributed by atoms with Gasteiger partial charge >= 0.3 is 0 Å². The van der Waals surface area contributed by atoms with Crippen molar-refractivity contribution in [3.05, 3.63) is 95.6 Å². The number of likely N-dealkylation sites (tertiary alicyclic amines) is 1. The van der Waals surface area contributed by atoms with Crippen LogP contribution in [0.2, 0.25) is 0 Å². The van der Waals surface area contributed by atoms with Crippen LogP contribution < -0.4 is 14.8 Å². The molecule has 176 valence electrons. The summed E-state index contributed by atoms with van der Waals surface area (Å²) in [5.74, 6) is 0.717. The van der Waals surface area contributed by atoms with E-state index in [4.69, 9.17) is 9.47 Å². The highest BCUT2D eigenvalue weighted by Crippen LogP contribution is 2.39. The van der Waals surface area contributed by atoms with Crippen molar-refractivity contribution in [3.8, 4) is 11.5 Å². The molecule has 1 aliphatic heterocycles. The van der Waals surface area contributed by atoms with Crippen molar-refractivity contribution in [1.29, 1.82) is 0 Å². The van der Waals surface area contributed by atoms with E-state index in [0.717, 1.165) is 16.7 Å². The molecule has 1 heterocycles. The Morgan fingerprint density at radius 2 is 1.56 bits per heavy atom. The van der Waals surface area contributed by atoms with Crippen LogP contribution >= 0.6 is 0 Å². The number of ether oxygens (including phenoxy) is 2. The van der Waals surface area contributed by atoms with Crippen molar-refractivity contribution in [1.82, 2.24) is 10.2 Å². The Kier molecular flexibility index (Phi) is 7.48. The zero-order valence-electron chi connectivity index (χ0n) is 19.6. The summed E-state index contributed by atoms with van der Waals surface area (Å²) in [5.41, 5.74) is 2.89. The third-order valence-electron chi connectivity index (χ3n) is 6.36. The number of hydrogen-bond donors (Lipinski definition) is 1. The summed E-state index contributed by atoms with van der Waals surface area (Å²) in [6.07, 6.45) is 0.311. The number of carbonyl (C=O) groups excluding carboxylic acids is 2. The van der Waals surface area contributed by atoms with Gasteiger partial charge in [-0.25, -0.2) is 0 Å². The SMILES string of the molecule is COc1ccc([C@H]2CN(C(=O)Cc3ccccc3)C[C@@H]2C(=O)NCc2ccccc2)c(OC)c1. The molecule has 0 radical (unpaired) electrons. The van der Waals surface area contributed by atoms with E-state index in [-0.39, 0.29) is 23.7 Å². The molecule has 1 fully saturated rings. The Morgan fingerprint density at radius 3 is 2.21 bits per heavy atom. The summed E-state index contributed by atoms with van der Waals surface area (Å²) < 4.78 is 11.0. The normalized spacial score (nSPS) is 17.3. The van der Waals surface area contributed by atoms with E-state index in [2.05, 4.69) is 5.32 Å². The molecule has 0 aliphatic carbocycles. The Bertz CT molecular complexity index is 1120. The van der Waals surface area contributed by atoms with Crippen LogP contribution in [0.25, 0.3) is 0 Å². The first-order valence-electron chi connectivity index (χ1n) is 11.4. The van der Waals surface area contributed by atoms with Gasteiger partial charge in [0.05, 0.1) is 26.6 Å². The summed E-state index contributed by atoms with van der Waals surface area (Å²) in [4.78, 5) is 28.3. The second-order valence-corrected chi connectivity index (χ2v) is 8.49. The minimum atomic E-state index is -0.384. The molecule has 2 atom stereocenters. The molecule has 0 aromatic heterocycles. The van der Waals surface area contributed by atoms with Crippen molar-refractivity contribution in [2.45, 2.75) is 18.9 Å².